The Hall–Kier alpha value is -0.120. The van der Waals surface area contributed by atoms with E-state index >= 15 is 0 Å². The van der Waals surface area contributed by atoms with Gasteiger partial charge in [-0.25, -0.2) is 0 Å². The van der Waals surface area contributed by atoms with Crippen LogP contribution in [0.2, 0.25) is 0 Å². The fourth-order valence-electron chi connectivity index (χ4n) is 3.89. The van der Waals surface area contributed by atoms with Gasteiger partial charge in [0.05, 0.1) is 6.61 Å². The summed E-state index contributed by atoms with van der Waals surface area (Å²) in [5.74, 6) is 0. The van der Waals surface area contributed by atoms with Crippen LogP contribution < -0.4 is 5.32 Å². The molecular formula is C15H30N2O. The minimum atomic E-state index is 0.556. The maximum absolute atomic E-state index is 5.37. The molecule has 3 nitrogen and oxygen atoms in total. The predicted molar refractivity (Wildman–Crippen MR) is 75.9 cm³/mol. The average Bonchev–Trinajstić information content (AvgIpc) is 2.40. The van der Waals surface area contributed by atoms with E-state index in [-0.39, 0.29) is 0 Å². The highest BCUT2D eigenvalue weighted by Crippen LogP contribution is 2.44. The molecule has 1 saturated carbocycles. The summed E-state index contributed by atoms with van der Waals surface area (Å²) in [7, 11) is 3.85. The molecule has 0 aromatic rings. The van der Waals surface area contributed by atoms with Crippen molar-refractivity contribution in [1.29, 1.82) is 0 Å². The van der Waals surface area contributed by atoms with Crippen LogP contribution in [0.5, 0.6) is 0 Å². The van der Waals surface area contributed by atoms with Crippen LogP contribution >= 0.6 is 0 Å². The fourth-order valence-corrected chi connectivity index (χ4v) is 3.89. The zero-order valence-corrected chi connectivity index (χ0v) is 12.2. The first-order valence-corrected chi connectivity index (χ1v) is 7.67. The molecule has 1 spiro atoms. The molecule has 1 unspecified atom stereocenters. The fraction of sp³-hybridized carbons (Fsp3) is 1.00. The Bertz CT molecular complexity index is 223. The SMILES string of the molecule is CNCC(COC)N1CCC2(CCCCC2)CC1. The molecule has 0 aromatic carbocycles. The van der Waals surface area contributed by atoms with E-state index in [4.69, 9.17) is 4.74 Å². The smallest absolute Gasteiger partial charge is 0.0630 e. The second kappa shape index (κ2) is 6.88. The van der Waals surface area contributed by atoms with Crippen molar-refractivity contribution in [2.75, 3.05) is 40.4 Å². The highest BCUT2D eigenvalue weighted by molar-refractivity contribution is 4.90. The highest BCUT2D eigenvalue weighted by Gasteiger charge is 2.36. The molecule has 106 valence electrons. The monoisotopic (exact) mass is 254 g/mol. The zero-order chi connectivity index (χ0) is 12.8. The van der Waals surface area contributed by atoms with Gasteiger partial charge in [-0.1, -0.05) is 19.3 Å². The first kappa shape index (κ1) is 14.3. The standard InChI is InChI=1S/C15H30N2O/c1-16-12-14(13-18-2)17-10-8-15(9-11-17)6-4-3-5-7-15/h14,16H,3-13H2,1-2H3. The van der Waals surface area contributed by atoms with Crippen molar-refractivity contribution in [2.24, 2.45) is 5.41 Å². The van der Waals surface area contributed by atoms with Crippen molar-refractivity contribution in [1.82, 2.24) is 10.2 Å². The van der Waals surface area contributed by atoms with Crippen LogP contribution in [0, 0.1) is 5.41 Å². The molecule has 1 heterocycles. The van der Waals surface area contributed by atoms with Gasteiger partial charge in [-0.2, -0.15) is 0 Å². The van der Waals surface area contributed by atoms with Gasteiger partial charge in [0.1, 0.15) is 0 Å². The summed E-state index contributed by atoms with van der Waals surface area (Å²) >= 11 is 0. The summed E-state index contributed by atoms with van der Waals surface area (Å²) in [5.41, 5.74) is 0.714. The molecule has 1 aliphatic heterocycles. The van der Waals surface area contributed by atoms with Crippen molar-refractivity contribution in [3.63, 3.8) is 0 Å². The van der Waals surface area contributed by atoms with Crippen LogP contribution in [0.15, 0.2) is 0 Å². The van der Waals surface area contributed by atoms with Crippen molar-refractivity contribution in [3.8, 4) is 0 Å². The Morgan fingerprint density at radius 3 is 2.33 bits per heavy atom. The quantitative estimate of drug-likeness (QED) is 0.814. The first-order chi connectivity index (χ1) is 8.79. The number of nitrogens with one attached hydrogen (secondary N) is 1. The normalized spacial score (nSPS) is 26.3. The molecule has 1 atom stereocenters. The van der Waals surface area contributed by atoms with E-state index in [1.54, 1.807) is 0 Å². The van der Waals surface area contributed by atoms with Crippen molar-refractivity contribution < 1.29 is 4.74 Å². The van der Waals surface area contributed by atoms with Crippen LogP contribution in [0.25, 0.3) is 0 Å². The van der Waals surface area contributed by atoms with Crippen molar-refractivity contribution in [2.45, 2.75) is 51.0 Å². The molecule has 18 heavy (non-hydrogen) atoms. The number of hydrogen-bond acceptors (Lipinski definition) is 3. The molecule has 0 aromatic heterocycles. The lowest BCUT2D eigenvalue weighted by molar-refractivity contribution is 0.0201. The number of piperidine rings is 1. The van der Waals surface area contributed by atoms with Crippen LogP contribution in [-0.4, -0.2) is 51.3 Å². The minimum absolute atomic E-state index is 0.556. The van der Waals surface area contributed by atoms with Crippen LogP contribution in [0.3, 0.4) is 0 Å². The molecule has 2 fully saturated rings. The number of hydrogen-bond donors (Lipinski definition) is 1. The molecule has 1 saturated heterocycles. The van der Waals surface area contributed by atoms with Gasteiger partial charge in [-0.3, -0.25) is 4.90 Å². The second-order valence-corrected chi connectivity index (χ2v) is 6.26. The maximum Gasteiger partial charge on any atom is 0.0630 e. The summed E-state index contributed by atoms with van der Waals surface area (Å²) in [5, 5.41) is 3.30. The highest BCUT2D eigenvalue weighted by atomic mass is 16.5. The second-order valence-electron chi connectivity index (χ2n) is 6.26. The van der Waals surface area contributed by atoms with Gasteiger partial charge in [-0.15, -0.1) is 0 Å². The lowest BCUT2D eigenvalue weighted by Gasteiger charge is -2.46. The molecule has 0 amide bonds. The van der Waals surface area contributed by atoms with Crippen LogP contribution in [0.4, 0.5) is 0 Å². The van der Waals surface area contributed by atoms with Crippen LogP contribution in [-0.2, 0) is 4.74 Å². The van der Waals surface area contributed by atoms with Gasteiger partial charge in [0.15, 0.2) is 0 Å². The topological polar surface area (TPSA) is 24.5 Å². The molecule has 3 heteroatoms. The van der Waals surface area contributed by atoms with Gasteiger partial charge in [0.2, 0.25) is 0 Å². The van der Waals surface area contributed by atoms with E-state index in [0.717, 1.165) is 13.2 Å². The summed E-state index contributed by atoms with van der Waals surface area (Å²) in [4.78, 5) is 2.64. The third kappa shape index (κ3) is 3.46. The summed E-state index contributed by atoms with van der Waals surface area (Å²) in [6, 6.07) is 0.556. The van der Waals surface area contributed by atoms with E-state index in [1.807, 2.05) is 14.2 Å². The van der Waals surface area contributed by atoms with Gasteiger partial charge in [0, 0.05) is 19.7 Å². The van der Waals surface area contributed by atoms with E-state index in [9.17, 15) is 0 Å². The molecule has 2 aliphatic rings. The largest absolute Gasteiger partial charge is 0.383 e. The first-order valence-electron chi connectivity index (χ1n) is 7.67. The molecule has 0 bridgehead atoms. The number of methoxy groups -OCH3 is 1. The van der Waals surface area contributed by atoms with E-state index in [2.05, 4.69) is 10.2 Å². The number of rotatable bonds is 5. The van der Waals surface area contributed by atoms with Gasteiger partial charge in [0.25, 0.3) is 0 Å². The van der Waals surface area contributed by atoms with Crippen molar-refractivity contribution in [3.05, 3.63) is 0 Å². The molecule has 2 rings (SSSR count). The van der Waals surface area contributed by atoms with Crippen LogP contribution in [0.1, 0.15) is 44.9 Å². The number of likely N-dealkylation sites (N-methyl/N-ethyl adjacent to an activating group) is 1. The Balaban J connectivity index is 1.84. The van der Waals surface area contributed by atoms with Crippen molar-refractivity contribution >= 4 is 0 Å². The Morgan fingerprint density at radius 2 is 1.78 bits per heavy atom. The summed E-state index contributed by atoms with van der Waals surface area (Å²) < 4.78 is 5.37. The van der Waals surface area contributed by atoms with Gasteiger partial charge < -0.3 is 10.1 Å². The molecule has 0 radical (unpaired) electrons. The predicted octanol–water partition coefficient (Wildman–Crippen LogP) is 2.27. The Kier molecular flexibility index (Phi) is 5.46. The van der Waals surface area contributed by atoms with E-state index in [1.165, 1.54) is 58.0 Å². The molecular weight excluding hydrogens is 224 g/mol. The van der Waals surface area contributed by atoms with E-state index in [0.29, 0.717) is 11.5 Å². The summed E-state index contributed by atoms with van der Waals surface area (Å²) in [6.45, 7) is 4.44. The Labute approximate surface area is 112 Å². The van der Waals surface area contributed by atoms with Gasteiger partial charge in [-0.05, 0) is 51.2 Å². The lowest BCUT2D eigenvalue weighted by atomic mass is 9.68. The summed E-state index contributed by atoms with van der Waals surface area (Å²) in [6.07, 6.45) is 10.2. The molecule has 1 aliphatic carbocycles. The lowest BCUT2D eigenvalue weighted by Crippen LogP contribution is -2.50. The number of nitrogens with zero attached hydrogens (tertiary/aromatic N) is 1. The average molecular weight is 254 g/mol. The molecule has 1 N–H and O–H groups in total. The Morgan fingerprint density at radius 1 is 1.11 bits per heavy atom. The number of ether oxygens (including phenoxy) is 1. The minimum Gasteiger partial charge on any atom is -0.383 e. The third-order valence-electron chi connectivity index (χ3n) is 5.09. The number of likely N-dealkylation sites (tertiary alicyclic amines) is 1. The van der Waals surface area contributed by atoms with Gasteiger partial charge >= 0.3 is 0 Å². The van der Waals surface area contributed by atoms with E-state index < -0.39 is 0 Å². The zero-order valence-electron chi connectivity index (χ0n) is 12.2. The maximum atomic E-state index is 5.37. The third-order valence-corrected chi connectivity index (χ3v) is 5.09.